The van der Waals surface area contributed by atoms with Gasteiger partial charge < -0.3 is 15.8 Å². The molecule has 6 heteroatoms. The van der Waals surface area contributed by atoms with Crippen LogP contribution in [0.25, 0.3) is 0 Å². The molecule has 0 radical (unpaired) electrons. The van der Waals surface area contributed by atoms with Gasteiger partial charge in [-0.05, 0) is 43.7 Å². The van der Waals surface area contributed by atoms with Crippen LogP contribution in [0.4, 0.5) is 5.69 Å². The molecule has 0 aliphatic rings. The van der Waals surface area contributed by atoms with Crippen molar-refractivity contribution in [2.24, 2.45) is 5.73 Å². The highest BCUT2D eigenvalue weighted by atomic mass is 35.5. The number of hydrogen-bond donors (Lipinski definition) is 2. The predicted molar refractivity (Wildman–Crippen MR) is 91.9 cm³/mol. The summed E-state index contributed by atoms with van der Waals surface area (Å²) in [6.45, 7) is 3.73. The van der Waals surface area contributed by atoms with Crippen molar-refractivity contribution >= 4 is 23.2 Å². The van der Waals surface area contributed by atoms with E-state index in [1.54, 1.807) is 43.3 Å². The lowest BCUT2D eigenvalue weighted by atomic mass is 9.96. The third kappa shape index (κ3) is 4.94. The molecule has 3 N–H and O–H groups in total. The summed E-state index contributed by atoms with van der Waals surface area (Å²) < 4.78 is 5.59. The second kappa shape index (κ2) is 7.44. The van der Waals surface area contributed by atoms with E-state index < -0.39 is 5.54 Å². The number of carbonyl (C=O) groups is 1. The van der Waals surface area contributed by atoms with Crippen molar-refractivity contribution in [2.75, 3.05) is 5.32 Å². The first-order valence-electron chi connectivity index (χ1n) is 7.40. The van der Waals surface area contributed by atoms with Gasteiger partial charge in [-0.25, -0.2) is 4.98 Å². The second-order valence-corrected chi connectivity index (χ2v) is 6.00. The van der Waals surface area contributed by atoms with Crippen molar-refractivity contribution < 1.29 is 9.53 Å². The van der Waals surface area contributed by atoms with Crippen LogP contribution in [0.1, 0.15) is 26.7 Å². The molecule has 1 heterocycles. The van der Waals surface area contributed by atoms with Gasteiger partial charge in [-0.3, -0.25) is 4.79 Å². The summed E-state index contributed by atoms with van der Waals surface area (Å²) in [6.07, 6.45) is 2.99. The van der Waals surface area contributed by atoms with Crippen LogP contribution < -0.4 is 15.8 Å². The first kappa shape index (κ1) is 17.2. The number of rotatable bonds is 6. The minimum absolute atomic E-state index is 0.201. The fraction of sp³-hybridized carbons (Fsp3) is 0.294. The molecule has 23 heavy (non-hydrogen) atoms. The number of halogens is 1. The van der Waals surface area contributed by atoms with Crippen molar-refractivity contribution in [1.82, 2.24) is 4.98 Å². The van der Waals surface area contributed by atoms with Gasteiger partial charge in [0.1, 0.15) is 5.75 Å². The molecule has 5 nitrogen and oxygen atoms in total. The highest BCUT2D eigenvalue weighted by Gasteiger charge is 2.27. The number of carbonyl (C=O) groups excluding carboxylic acids is 1. The number of nitrogens with zero attached hydrogens (tertiary/aromatic N) is 1. The number of benzene rings is 1. The van der Waals surface area contributed by atoms with E-state index in [1.807, 2.05) is 6.92 Å². The standard InChI is InChI=1S/C17H20ClN3O2/c1-3-10-17(2,19)16(22)21-13-5-7-14(8-6-13)23-15-9-4-12(18)11-20-15/h4-9,11H,3,10,19H2,1-2H3,(H,21,22). The Kier molecular flexibility index (Phi) is 5.58. The molecule has 0 aliphatic heterocycles. The Labute approximate surface area is 140 Å². The van der Waals surface area contributed by atoms with E-state index in [0.29, 0.717) is 28.8 Å². The maximum absolute atomic E-state index is 12.1. The molecule has 1 aromatic carbocycles. The average Bonchev–Trinajstić information content (AvgIpc) is 2.51. The minimum Gasteiger partial charge on any atom is -0.439 e. The molecular weight excluding hydrogens is 314 g/mol. The smallest absolute Gasteiger partial charge is 0.244 e. The molecule has 0 saturated heterocycles. The first-order valence-corrected chi connectivity index (χ1v) is 7.78. The number of hydrogen-bond acceptors (Lipinski definition) is 4. The molecule has 1 aromatic heterocycles. The number of nitrogens with one attached hydrogen (secondary N) is 1. The van der Waals surface area contributed by atoms with E-state index >= 15 is 0 Å². The highest BCUT2D eigenvalue weighted by molar-refractivity contribution is 6.30. The zero-order chi connectivity index (χ0) is 16.9. The zero-order valence-electron chi connectivity index (χ0n) is 13.2. The molecule has 1 atom stereocenters. The number of nitrogens with two attached hydrogens (primary N) is 1. The van der Waals surface area contributed by atoms with Crippen LogP contribution in [0.3, 0.4) is 0 Å². The number of aromatic nitrogens is 1. The summed E-state index contributed by atoms with van der Waals surface area (Å²) in [5.74, 6) is 0.859. The van der Waals surface area contributed by atoms with Gasteiger partial charge >= 0.3 is 0 Å². The Bertz CT molecular complexity index is 655. The van der Waals surface area contributed by atoms with Gasteiger partial charge in [0.2, 0.25) is 11.8 Å². The van der Waals surface area contributed by atoms with Gasteiger partial charge in [0.15, 0.2) is 0 Å². The third-order valence-electron chi connectivity index (χ3n) is 3.32. The Morgan fingerprint density at radius 1 is 1.30 bits per heavy atom. The molecule has 2 rings (SSSR count). The van der Waals surface area contributed by atoms with Gasteiger partial charge in [0.25, 0.3) is 0 Å². The zero-order valence-corrected chi connectivity index (χ0v) is 13.9. The van der Waals surface area contributed by atoms with E-state index in [9.17, 15) is 4.79 Å². The molecular formula is C17H20ClN3O2. The Morgan fingerprint density at radius 2 is 2.00 bits per heavy atom. The van der Waals surface area contributed by atoms with Crippen molar-refractivity contribution in [3.05, 3.63) is 47.6 Å². The van der Waals surface area contributed by atoms with Crippen molar-refractivity contribution in [1.29, 1.82) is 0 Å². The molecule has 1 unspecified atom stereocenters. The molecule has 0 aliphatic carbocycles. The average molecular weight is 334 g/mol. The Morgan fingerprint density at radius 3 is 2.57 bits per heavy atom. The SMILES string of the molecule is CCCC(C)(N)C(=O)Nc1ccc(Oc2ccc(Cl)cn2)cc1. The second-order valence-electron chi connectivity index (χ2n) is 5.56. The van der Waals surface area contributed by atoms with E-state index in [0.717, 1.165) is 6.42 Å². The van der Waals surface area contributed by atoms with Crippen LogP contribution in [-0.2, 0) is 4.79 Å². The molecule has 0 fully saturated rings. The summed E-state index contributed by atoms with van der Waals surface area (Å²) in [6, 6.07) is 10.4. The number of anilines is 1. The number of amides is 1. The highest BCUT2D eigenvalue weighted by Crippen LogP contribution is 2.23. The van der Waals surface area contributed by atoms with E-state index in [-0.39, 0.29) is 5.91 Å². The fourth-order valence-corrected chi connectivity index (χ4v) is 2.17. The topological polar surface area (TPSA) is 77.2 Å². The van der Waals surface area contributed by atoms with Crippen LogP contribution in [0.5, 0.6) is 11.6 Å². The maximum Gasteiger partial charge on any atom is 0.244 e. The number of ether oxygens (including phenoxy) is 1. The lowest BCUT2D eigenvalue weighted by molar-refractivity contribution is -0.120. The van der Waals surface area contributed by atoms with E-state index in [2.05, 4.69) is 10.3 Å². The molecule has 0 bridgehead atoms. The van der Waals surface area contributed by atoms with Gasteiger partial charge in [-0.15, -0.1) is 0 Å². The van der Waals surface area contributed by atoms with Crippen LogP contribution >= 0.6 is 11.6 Å². The van der Waals surface area contributed by atoms with Gasteiger partial charge in [-0.1, -0.05) is 24.9 Å². The summed E-state index contributed by atoms with van der Waals surface area (Å²) in [7, 11) is 0. The van der Waals surface area contributed by atoms with Crippen molar-refractivity contribution in [3.8, 4) is 11.6 Å². The molecule has 1 amide bonds. The Balaban J connectivity index is 1.99. The third-order valence-corrected chi connectivity index (χ3v) is 3.55. The molecule has 2 aromatic rings. The van der Waals surface area contributed by atoms with E-state index in [4.69, 9.17) is 22.1 Å². The molecule has 0 saturated carbocycles. The van der Waals surface area contributed by atoms with Crippen molar-refractivity contribution in [2.45, 2.75) is 32.2 Å². The summed E-state index contributed by atoms with van der Waals surface area (Å²) in [4.78, 5) is 16.2. The minimum atomic E-state index is -0.878. The summed E-state index contributed by atoms with van der Waals surface area (Å²) in [5.41, 5.74) is 5.80. The van der Waals surface area contributed by atoms with E-state index in [1.165, 1.54) is 6.20 Å². The van der Waals surface area contributed by atoms with Crippen LogP contribution in [0.2, 0.25) is 5.02 Å². The Hall–Kier alpha value is -2.11. The monoisotopic (exact) mass is 333 g/mol. The molecule has 122 valence electrons. The van der Waals surface area contributed by atoms with Gasteiger partial charge in [0, 0.05) is 18.0 Å². The predicted octanol–water partition coefficient (Wildman–Crippen LogP) is 3.98. The van der Waals surface area contributed by atoms with Crippen LogP contribution in [-0.4, -0.2) is 16.4 Å². The van der Waals surface area contributed by atoms with Crippen molar-refractivity contribution in [3.63, 3.8) is 0 Å². The molecule has 0 spiro atoms. The normalized spacial score (nSPS) is 13.2. The first-order chi connectivity index (χ1) is 10.9. The van der Waals surface area contributed by atoms with Gasteiger partial charge in [0.05, 0.1) is 10.6 Å². The number of pyridine rings is 1. The summed E-state index contributed by atoms with van der Waals surface area (Å²) >= 11 is 5.77. The van der Waals surface area contributed by atoms with Crippen LogP contribution in [0.15, 0.2) is 42.6 Å². The quantitative estimate of drug-likeness (QED) is 0.838. The van der Waals surface area contributed by atoms with Crippen LogP contribution in [0, 0.1) is 0 Å². The van der Waals surface area contributed by atoms with Gasteiger partial charge in [-0.2, -0.15) is 0 Å². The maximum atomic E-state index is 12.1. The summed E-state index contributed by atoms with van der Waals surface area (Å²) in [5, 5.41) is 3.36. The lowest BCUT2D eigenvalue weighted by Gasteiger charge is -2.22. The lowest BCUT2D eigenvalue weighted by Crippen LogP contribution is -2.48. The fourth-order valence-electron chi connectivity index (χ4n) is 2.06. The largest absolute Gasteiger partial charge is 0.439 e.